The van der Waals surface area contributed by atoms with Crippen LogP contribution in [0.5, 0.6) is 17.2 Å². The molecule has 0 bridgehead atoms. The molecule has 140 valence electrons. The van der Waals surface area contributed by atoms with E-state index in [0.717, 1.165) is 17.0 Å². The molecule has 0 saturated heterocycles. The van der Waals surface area contributed by atoms with Crippen molar-refractivity contribution in [2.45, 2.75) is 6.92 Å². The number of hydrogen-bond donors (Lipinski definition) is 1. The second kappa shape index (κ2) is 8.55. The summed E-state index contributed by atoms with van der Waals surface area (Å²) in [6, 6.07) is 12.7. The number of amides is 1. The van der Waals surface area contributed by atoms with Crippen molar-refractivity contribution in [3.8, 4) is 28.5 Å². The fourth-order valence-electron chi connectivity index (χ4n) is 2.50. The van der Waals surface area contributed by atoms with Gasteiger partial charge in [-0.3, -0.25) is 10.1 Å². The van der Waals surface area contributed by atoms with Gasteiger partial charge in [0.1, 0.15) is 5.75 Å². The van der Waals surface area contributed by atoms with E-state index in [-0.39, 0.29) is 5.91 Å². The highest BCUT2D eigenvalue weighted by Gasteiger charge is 2.13. The van der Waals surface area contributed by atoms with Crippen molar-refractivity contribution >= 4 is 22.4 Å². The Morgan fingerprint density at radius 1 is 1.07 bits per heavy atom. The number of benzene rings is 2. The monoisotopic (exact) mass is 384 g/mol. The maximum absolute atomic E-state index is 12.5. The fourth-order valence-corrected chi connectivity index (χ4v) is 3.21. The zero-order valence-corrected chi connectivity index (χ0v) is 16.1. The van der Waals surface area contributed by atoms with Gasteiger partial charge in [-0.05, 0) is 49.4 Å². The van der Waals surface area contributed by atoms with Crippen LogP contribution in [0.15, 0.2) is 47.8 Å². The highest BCUT2D eigenvalue weighted by atomic mass is 32.1. The first-order valence-electron chi connectivity index (χ1n) is 8.36. The summed E-state index contributed by atoms with van der Waals surface area (Å²) >= 11 is 1.37. The third kappa shape index (κ3) is 4.38. The molecule has 7 heteroatoms. The molecule has 0 radical (unpaired) electrons. The first-order valence-corrected chi connectivity index (χ1v) is 9.24. The van der Waals surface area contributed by atoms with E-state index in [4.69, 9.17) is 14.2 Å². The van der Waals surface area contributed by atoms with Gasteiger partial charge < -0.3 is 14.2 Å². The second-order valence-corrected chi connectivity index (χ2v) is 6.38. The molecule has 0 aliphatic rings. The number of ether oxygens (including phenoxy) is 3. The summed E-state index contributed by atoms with van der Waals surface area (Å²) in [4.78, 5) is 17.0. The van der Waals surface area contributed by atoms with Crippen molar-refractivity contribution in [1.82, 2.24) is 4.98 Å². The molecule has 3 aromatic rings. The number of rotatable bonds is 7. The van der Waals surface area contributed by atoms with Crippen LogP contribution in [-0.2, 0) is 0 Å². The summed E-state index contributed by atoms with van der Waals surface area (Å²) in [5.74, 6) is 1.63. The minimum Gasteiger partial charge on any atom is -0.494 e. The zero-order valence-electron chi connectivity index (χ0n) is 15.3. The van der Waals surface area contributed by atoms with Gasteiger partial charge in [0.25, 0.3) is 5.91 Å². The standard InChI is InChI=1S/C20H20N2O4S/c1-4-26-15-8-5-13(6-9-15)16-12-27-20(21-16)22-19(23)14-7-10-17(24-2)18(11-14)25-3/h5-12H,4H2,1-3H3,(H,21,22,23). The SMILES string of the molecule is CCOc1ccc(-c2csc(NC(=O)c3ccc(OC)c(OC)c3)n2)cc1. The maximum Gasteiger partial charge on any atom is 0.257 e. The summed E-state index contributed by atoms with van der Waals surface area (Å²) in [5.41, 5.74) is 2.22. The van der Waals surface area contributed by atoms with Crippen LogP contribution in [0, 0.1) is 0 Å². The van der Waals surface area contributed by atoms with Crippen LogP contribution in [0.4, 0.5) is 5.13 Å². The molecule has 6 nitrogen and oxygen atoms in total. The Kier molecular flexibility index (Phi) is 5.93. The smallest absolute Gasteiger partial charge is 0.257 e. The molecule has 1 N–H and O–H groups in total. The van der Waals surface area contributed by atoms with Crippen molar-refractivity contribution in [3.05, 3.63) is 53.4 Å². The number of carbonyl (C=O) groups is 1. The number of carbonyl (C=O) groups excluding carboxylic acids is 1. The lowest BCUT2D eigenvalue weighted by Gasteiger charge is -2.09. The Hall–Kier alpha value is -3.06. The van der Waals surface area contributed by atoms with Crippen molar-refractivity contribution in [2.24, 2.45) is 0 Å². The van der Waals surface area contributed by atoms with Gasteiger partial charge in [0.05, 0.1) is 26.5 Å². The molecule has 3 rings (SSSR count). The third-order valence-electron chi connectivity index (χ3n) is 3.83. The quantitative estimate of drug-likeness (QED) is 0.650. The van der Waals surface area contributed by atoms with Crippen molar-refractivity contribution in [2.75, 3.05) is 26.1 Å². The van der Waals surface area contributed by atoms with Gasteiger partial charge in [-0.15, -0.1) is 11.3 Å². The highest BCUT2D eigenvalue weighted by Crippen LogP contribution is 2.29. The molecular weight excluding hydrogens is 364 g/mol. The van der Waals surface area contributed by atoms with Gasteiger partial charge in [0.15, 0.2) is 16.6 Å². The second-order valence-electron chi connectivity index (χ2n) is 5.52. The molecular formula is C20H20N2O4S. The lowest BCUT2D eigenvalue weighted by molar-refractivity contribution is 0.102. The van der Waals surface area contributed by atoms with Crippen LogP contribution in [0.2, 0.25) is 0 Å². The van der Waals surface area contributed by atoms with E-state index in [1.165, 1.54) is 18.4 Å². The summed E-state index contributed by atoms with van der Waals surface area (Å²) in [5, 5.41) is 5.25. The molecule has 27 heavy (non-hydrogen) atoms. The van der Waals surface area contributed by atoms with Crippen LogP contribution in [0.1, 0.15) is 17.3 Å². The third-order valence-corrected chi connectivity index (χ3v) is 4.59. The highest BCUT2D eigenvalue weighted by molar-refractivity contribution is 7.14. The summed E-state index contributed by atoms with van der Waals surface area (Å²) in [7, 11) is 3.08. The number of nitrogens with one attached hydrogen (secondary N) is 1. The van der Waals surface area contributed by atoms with E-state index in [0.29, 0.717) is 28.8 Å². The largest absolute Gasteiger partial charge is 0.494 e. The van der Waals surface area contributed by atoms with Crippen LogP contribution in [-0.4, -0.2) is 31.7 Å². The van der Waals surface area contributed by atoms with Crippen LogP contribution < -0.4 is 19.5 Å². The van der Waals surface area contributed by atoms with Gasteiger partial charge in [0.2, 0.25) is 0 Å². The Balaban J connectivity index is 1.72. The van der Waals surface area contributed by atoms with Gasteiger partial charge >= 0.3 is 0 Å². The van der Waals surface area contributed by atoms with Crippen LogP contribution >= 0.6 is 11.3 Å². The predicted molar refractivity (Wildman–Crippen MR) is 106 cm³/mol. The summed E-state index contributed by atoms with van der Waals surface area (Å²) < 4.78 is 15.9. The molecule has 0 aliphatic carbocycles. The Labute approximate surface area is 161 Å². The average molecular weight is 384 g/mol. The summed E-state index contributed by atoms with van der Waals surface area (Å²) in [6.07, 6.45) is 0. The minimum atomic E-state index is -0.261. The molecule has 1 heterocycles. The van der Waals surface area contributed by atoms with E-state index in [1.807, 2.05) is 36.6 Å². The van der Waals surface area contributed by atoms with Crippen molar-refractivity contribution in [3.63, 3.8) is 0 Å². The molecule has 0 aliphatic heterocycles. The number of thiazole rings is 1. The van der Waals surface area contributed by atoms with E-state index >= 15 is 0 Å². The molecule has 1 amide bonds. The number of hydrogen-bond acceptors (Lipinski definition) is 6. The Bertz CT molecular complexity index is 922. The normalized spacial score (nSPS) is 10.3. The molecule has 2 aromatic carbocycles. The van der Waals surface area contributed by atoms with Gasteiger partial charge in [0, 0.05) is 16.5 Å². The first-order chi connectivity index (χ1) is 13.1. The Morgan fingerprint density at radius 2 is 1.81 bits per heavy atom. The van der Waals surface area contributed by atoms with Crippen LogP contribution in [0.25, 0.3) is 11.3 Å². The molecule has 0 spiro atoms. The van der Waals surface area contributed by atoms with E-state index in [2.05, 4.69) is 10.3 Å². The van der Waals surface area contributed by atoms with Gasteiger partial charge in [-0.25, -0.2) is 4.98 Å². The molecule has 0 unspecified atom stereocenters. The fraction of sp³-hybridized carbons (Fsp3) is 0.200. The molecule has 0 saturated carbocycles. The average Bonchev–Trinajstić information content (AvgIpc) is 3.16. The minimum absolute atomic E-state index is 0.261. The topological polar surface area (TPSA) is 69.7 Å². The maximum atomic E-state index is 12.5. The van der Waals surface area contributed by atoms with E-state index in [1.54, 1.807) is 25.3 Å². The number of anilines is 1. The van der Waals surface area contributed by atoms with Crippen molar-refractivity contribution in [1.29, 1.82) is 0 Å². The van der Waals surface area contributed by atoms with Crippen molar-refractivity contribution < 1.29 is 19.0 Å². The zero-order chi connectivity index (χ0) is 19.2. The Morgan fingerprint density at radius 3 is 2.48 bits per heavy atom. The lowest BCUT2D eigenvalue weighted by atomic mass is 10.2. The molecule has 0 atom stereocenters. The molecule has 1 aromatic heterocycles. The lowest BCUT2D eigenvalue weighted by Crippen LogP contribution is -2.11. The van der Waals surface area contributed by atoms with E-state index < -0.39 is 0 Å². The van der Waals surface area contributed by atoms with Crippen LogP contribution in [0.3, 0.4) is 0 Å². The van der Waals surface area contributed by atoms with Gasteiger partial charge in [-0.1, -0.05) is 0 Å². The first kappa shape index (κ1) is 18.7. The van der Waals surface area contributed by atoms with Gasteiger partial charge in [-0.2, -0.15) is 0 Å². The number of methoxy groups -OCH3 is 2. The number of nitrogens with zero attached hydrogens (tertiary/aromatic N) is 1. The van der Waals surface area contributed by atoms with E-state index in [9.17, 15) is 4.79 Å². The number of aromatic nitrogens is 1. The summed E-state index contributed by atoms with van der Waals surface area (Å²) in [6.45, 7) is 2.57. The molecule has 0 fully saturated rings. The predicted octanol–water partition coefficient (Wildman–Crippen LogP) is 4.48.